The van der Waals surface area contributed by atoms with Crippen molar-refractivity contribution in [2.75, 3.05) is 13.6 Å². The van der Waals surface area contributed by atoms with E-state index in [1.165, 1.54) is 5.69 Å². The fourth-order valence-electron chi connectivity index (χ4n) is 2.53. The Morgan fingerprint density at radius 2 is 2.00 bits per heavy atom. The summed E-state index contributed by atoms with van der Waals surface area (Å²) in [6, 6.07) is 12.1. The smallest absolute Gasteiger partial charge is 0.191 e. The molecule has 0 aliphatic rings. The van der Waals surface area contributed by atoms with Crippen LogP contribution in [0.15, 0.2) is 53.8 Å². The summed E-state index contributed by atoms with van der Waals surface area (Å²) < 4.78 is 2.09. The molecule has 0 aromatic carbocycles. The third kappa shape index (κ3) is 5.15. The van der Waals surface area contributed by atoms with E-state index in [1.807, 2.05) is 36.5 Å². The van der Waals surface area contributed by atoms with Gasteiger partial charge in [0.2, 0.25) is 0 Å². The Morgan fingerprint density at radius 3 is 2.72 bits per heavy atom. The third-order valence-electron chi connectivity index (χ3n) is 3.81. The molecule has 0 saturated heterocycles. The maximum absolute atomic E-state index is 4.62. The van der Waals surface area contributed by atoms with Gasteiger partial charge in [0, 0.05) is 43.8 Å². The number of imidazole rings is 1. The number of aromatic nitrogens is 3. The molecule has 6 nitrogen and oxygen atoms in total. The SMILES string of the molecule is CN=C(NCCc1ccccn1)NCc1cn2c(C)cccc2n1.I. The minimum Gasteiger partial charge on any atom is -0.356 e. The Morgan fingerprint density at radius 1 is 1.12 bits per heavy atom. The Hall–Kier alpha value is -2.16. The molecule has 0 atom stereocenters. The Bertz CT molecular complexity index is 828. The minimum absolute atomic E-state index is 0. The van der Waals surface area contributed by atoms with Crippen LogP contribution in [-0.2, 0) is 13.0 Å². The Kier molecular flexibility index (Phi) is 7.17. The number of nitrogens with zero attached hydrogens (tertiary/aromatic N) is 4. The molecule has 3 aromatic rings. The molecule has 0 aliphatic carbocycles. The molecule has 0 amide bonds. The maximum atomic E-state index is 4.62. The predicted molar refractivity (Wildman–Crippen MR) is 111 cm³/mol. The lowest BCUT2D eigenvalue weighted by molar-refractivity contribution is 0.777. The number of rotatable bonds is 5. The van der Waals surface area contributed by atoms with Crippen LogP contribution in [0, 0.1) is 6.92 Å². The molecule has 3 rings (SSSR count). The van der Waals surface area contributed by atoms with Gasteiger partial charge in [0.25, 0.3) is 0 Å². The summed E-state index contributed by atoms with van der Waals surface area (Å²) >= 11 is 0. The average molecular weight is 450 g/mol. The fraction of sp³-hybridized carbons (Fsp3) is 0.278. The number of hydrogen-bond donors (Lipinski definition) is 2. The lowest BCUT2D eigenvalue weighted by atomic mass is 10.3. The van der Waals surface area contributed by atoms with Crippen molar-refractivity contribution in [1.82, 2.24) is 25.0 Å². The van der Waals surface area contributed by atoms with Crippen LogP contribution < -0.4 is 10.6 Å². The second-order valence-electron chi connectivity index (χ2n) is 5.55. The highest BCUT2D eigenvalue weighted by Crippen LogP contribution is 2.08. The molecule has 0 spiro atoms. The van der Waals surface area contributed by atoms with Crippen LogP contribution in [0.3, 0.4) is 0 Å². The van der Waals surface area contributed by atoms with E-state index in [4.69, 9.17) is 0 Å². The first kappa shape index (κ1) is 19.2. The van der Waals surface area contributed by atoms with Gasteiger partial charge in [-0.05, 0) is 31.2 Å². The summed E-state index contributed by atoms with van der Waals surface area (Å²) in [5.74, 6) is 0.764. The zero-order valence-corrected chi connectivity index (χ0v) is 16.8. The molecule has 3 heterocycles. The largest absolute Gasteiger partial charge is 0.356 e. The highest BCUT2D eigenvalue weighted by Gasteiger charge is 2.04. The van der Waals surface area contributed by atoms with Crippen molar-refractivity contribution < 1.29 is 0 Å². The number of hydrogen-bond acceptors (Lipinski definition) is 3. The maximum Gasteiger partial charge on any atom is 0.191 e. The van der Waals surface area contributed by atoms with Gasteiger partial charge in [0.15, 0.2) is 5.96 Å². The van der Waals surface area contributed by atoms with Crippen LogP contribution in [0.4, 0.5) is 0 Å². The molecule has 0 fully saturated rings. The second kappa shape index (κ2) is 9.36. The van der Waals surface area contributed by atoms with E-state index in [-0.39, 0.29) is 24.0 Å². The lowest BCUT2D eigenvalue weighted by Gasteiger charge is -2.10. The molecule has 132 valence electrons. The van der Waals surface area contributed by atoms with Gasteiger partial charge in [0.1, 0.15) is 5.65 Å². The van der Waals surface area contributed by atoms with E-state index in [9.17, 15) is 0 Å². The average Bonchev–Trinajstić information content (AvgIpc) is 3.03. The van der Waals surface area contributed by atoms with Gasteiger partial charge in [-0.1, -0.05) is 12.1 Å². The number of guanidine groups is 1. The highest BCUT2D eigenvalue weighted by molar-refractivity contribution is 14.0. The first-order chi connectivity index (χ1) is 11.8. The van der Waals surface area contributed by atoms with Gasteiger partial charge in [-0.25, -0.2) is 4.98 Å². The van der Waals surface area contributed by atoms with Crippen LogP contribution in [-0.4, -0.2) is 33.9 Å². The van der Waals surface area contributed by atoms with Crippen molar-refractivity contribution in [3.8, 4) is 0 Å². The topological polar surface area (TPSA) is 66.6 Å². The fourth-order valence-corrected chi connectivity index (χ4v) is 2.53. The normalized spacial score (nSPS) is 11.2. The molecule has 7 heteroatoms. The van der Waals surface area contributed by atoms with Crippen molar-refractivity contribution in [3.63, 3.8) is 0 Å². The van der Waals surface area contributed by atoms with Crippen molar-refractivity contribution in [3.05, 3.63) is 65.9 Å². The molecule has 0 aliphatic heterocycles. The van der Waals surface area contributed by atoms with Gasteiger partial charge in [-0.2, -0.15) is 0 Å². The van der Waals surface area contributed by atoms with Crippen LogP contribution in [0.2, 0.25) is 0 Å². The third-order valence-corrected chi connectivity index (χ3v) is 3.81. The van der Waals surface area contributed by atoms with E-state index < -0.39 is 0 Å². The van der Waals surface area contributed by atoms with E-state index in [1.54, 1.807) is 7.05 Å². The molecule has 0 saturated carbocycles. The Labute approximate surface area is 164 Å². The molecule has 25 heavy (non-hydrogen) atoms. The predicted octanol–water partition coefficient (Wildman–Crippen LogP) is 2.56. The standard InChI is InChI=1S/C18H22N6.HI/c1-14-6-5-8-17-23-16(13-24(14)17)12-22-18(19-2)21-11-9-15-7-3-4-10-20-15;/h3-8,10,13H,9,11-12H2,1-2H3,(H2,19,21,22);1H. The van der Waals surface area contributed by atoms with Crippen LogP contribution >= 0.6 is 24.0 Å². The summed E-state index contributed by atoms with van der Waals surface area (Å²) in [7, 11) is 1.77. The molecule has 0 bridgehead atoms. The first-order valence-corrected chi connectivity index (χ1v) is 8.04. The van der Waals surface area contributed by atoms with Crippen LogP contribution in [0.25, 0.3) is 5.65 Å². The summed E-state index contributed by atoms with van der Waals surface area (Å²) in [6.45, 7) is 3.48. The van der Waals surface area contributed by atoms with E-state index in [2.05, 4.69) is 49.2 Å². The number of nitrogens with one attached hydrogen (secondary N) is 2. The van der Waals surface area contributed by atoms with E-state index in [0.29, 0.717) is 6.54 Å². The molecular weight excluding hydrogens is 427 g/mol. The summed E-state index contributed by atoms with van der Waals surface area (Å²) in [5, 5.41) is 6.59. The number of halogens is 1. The van der Waals surface area contributed by atoms with Crippen molar-refractivity contribution in [2.45, 2.75) is 19.9 Å². The molecule has 3 aromatic heterocycles. The quantitative estimate of drug-likeness (QED) is 0.356. The number of aryl methyl sites for hydroxylation is 1. The summed E-state index contributed by atoms with van der Waals surface area (Å²) in [5.41, 5.74) is 4.18. The first-order valence-electron chi connectivity index (χ1n) is 8.04. The van der Waals surface area contributed by atoms with Gasteiger partial charge in [-0.15, -0.1) is 24.0 Å². The summed E-state index contributed by atoms with van der Waals surface area (Å²) in [4.78, 5) is 13.2. The van der Waals surface area contributed by atoms with Gasteiger partial charge in [0.05, 0.1) is 12.2 Å². The molecule has 0 unspecified atom stereocenters. The number of pyridine rings is 2. The monoisotopic (exact) mass is 450 g/mol. The van der Waals surface area contributed by atoms with Crippen molar-refractivity contribution in [1.29, 1.82) is 0 Å². The van der Waals surface area contributed by atoms with Crippen molar-refractivity contribution >= 4 is 35.6 Å². The highest BCUT2D eigenvalue weighted by atomic mass is 127. The minimum atomic E-state index is 0. The second-order valence-corrected chi connectivity index (χ2v) is 5.55. The zero-order valence-electron chi connectivity index (χ0n) is 14.4. The van der Waals surface area contributed by atoms with Gasteiger partial charge < -0.3 is 15.0 Å². The molecule has 0 radical (unpaired) electrons. The Balaban J connectivity index is 0.00000225. The van der Waals surface area contributed by atoms with Crippen LogP contribution in [0.1, 0.15) is 17.1 Å². The van der Waals surface area contributed by atoms with Crippen molar-refractivity contribution in [2.24, 2.45) is 4.99 Å². The molecular formula is C18H23IN6. The van der Waals surface area contributed by atoms with E-state index in [0.717, 1.165) is 36.0 Å². The number of fused-ring (bicyclic) bond motifs is 1. The molecule has 2 N–H and O–H groups in total. The lowest BCUT2D eigenvalue weighted by Crippen LogP contribution is -2.38. The van der Waals surface area contributed by atoms with Gasteiger partial charge in [-0.3, -0.25) is 9.98 Å². The number of aliphatic imine (C=N–C) groups is 1. The van der Waals surface area contributed by atoms with E-state index >= 15 is 0 Å². The van der Waals surface area contributed by atoms with Crippen LogP contribution in [0.5, 0.6) is 0 Å². The summed E-state index contributed by atoms with van der Waals surface area (Å²) in [6.07, 6.45) is 4.72. The van der Waals surface area contributed by atoms with Gasteiger partial charge >= 0.3 is 0 Å². The zero-order chi connectivity index (χ0) is 16.8.